The number of carboxylic acids is 1. The predicted molar refractivity (Wildman–Crippen MR) is 74.5 cm³/mol. The molecule has 0 aromatic rings. The summed E-state index contributed by atoms with van der Waals surface area (Å²) < 4.78 is 0. The van der Waals surface area contributed by atoms with Crippen LogP contribution in [0.4, 0.5) is 4.79 Å². The van der Waals surface area contributed by atoms with E-state index in [-0.39, 0.29) is 25.7 Å². The first-order valence-electron chi connectivity index (χ1n) is 6.78. The van der Waals surface area contributed by atoms with Crippen LogP contribution in [0.25, 0.3) is 0 Å². The molecule has 7 nitrogen and oxygen atoms in total. The molecular weight excluding hydrogens is 262 g/mol. The molecule has 0 aromatic heterocycles. The number of aliphatic hydroxyl groups excluding tert-OH is 1. The molecule has 2 N–H and O–H groups in total. The van der Waals surface area contributed by atoms with Gasteiger partial charge in [0.25, 0.3) is 0 Å². The Morgan fingerprint density at radius 2 is 2.00 bits per heavy atom. The molecule has 0 radical (unpaired) electrons. The number of hydrogen-bond donors (Lipinski definition) is 2. The smallest absolute Gasteiger partial charge is 0.320 e. The molecule has 1 aliphatic heterocycles. The number of hydrogen-bond acceptors (Lipinski definition) is 4. The molecule has 0 saturated carbocycles. The maximum Gasteiger partial charge on any atom is 0.320 e. The highest BCUT2D eigenvalue weighted by Gasteiger charge is 2.23. The summed E-state index contributed by atoms with van der Waals surface area (Å²) in [5.74, 6) is -0.849. The Morgan fingerprint density at radius 3 is 2.60 bits per heavy atom. The third-order valence-corrected chi connectivity index (χ3v) is 3.21. The van der Waals surface area contributed by atoms with Gasteiger partial charge in [-0.3, -0.25) is 9.69 Å². The molecule has 0 atom stereocenters. The number of carboxylic acid groups (broad SMARTS) is 1. The van der Waals surface area contributed by atoms with Gasteiger partial charge in [0.1, 0.15) is 0 Å². The zero-order chi connectivity index (χ0) is 15.0. The van der Waals surface area contributed by atoms with E-state index in [2.05, 4.69) is 6.58 Å². The normalized spacial score (nSPS) is 16.6. The zero-order valence-corrected chi connectivity index (χ0v) is 11.7. The van der Waals surface area contributed by atoms with Crippen LogP contribution < -0.4 is 0 Å². The fraction of sp³-hybridized carbons (Fsp3) is 0.692. The Kier molecular flexibility index (Phi) is 7.03. The van der Waals surface area contributed by atoms with Crippen molar-refractivity contribution in [2.75, 3.05) is 52.4 Å². The van der Waals surface area contributed by atoms with Crippen molar-refractivity contribution in [1.29, 1.82) is 0 Å². The maximum absolute atomic E-state index is 12.3. The number of nitrogens with zero attached hydrogens (tertiary/aromatic N) is 3. The van der Waals surface area contributed by atoms with Crippen molar-refractivity contribution in [3.63, 3.8) is 0 Å². The van der Waals surface area contributed by atoms with Crippen molar-refractivity contribution in [1.82, 2.24) is 14.7 Å². The zero-order valence-electron chi connectivity index (χ0n) is 11.7. The molecule has 0 bridgehead atoms. The van der Waals surface area contributed by atoms with E-state index in [1.807, 2.05) is 4.90 Å². The van der Waals surface area contributed by atoms with Crippen molar-refractivity contribution >= 4 is 12.0 Å². The van der Waals surface area contributed by atoms with E-state index in [1.54, 1.807) is 15.9 Å². The number of aliphatic carboxylic acids is 1. The largest absolute Gasteiger partial charge is 0.480 e. The van der Waals surface area contributed by atoms with Crippen LogP contribution in [-0.4, -0.2) is 89.3 Å². The van der Waals surface area contributed by atoms with E-state index < -0.39 is 5.97 Å². The van der Waals surface area contributed by atoms with Gasteiger partial charge in [-0.2, -0.15) is 0 Å². The molecule has 114 valence electrons. The molecule has 0 spiro atoms. The standard InChI is InChI=1S/C13H23N3O4/c1-2-4-15(9-10-17)13(20)16-6-3-5-14(7-8-16)11-12(18)19/h2,17H,1,3-11H2,(H,18,19). The summed E-state index contributed by atoms with van der Waals surface area (Å²) in [5.41, 5.74) is 0. The molecule has 1 fully saturated rings. The van der Waals surface area contributed by atoms with Crippen molar-refractivity contribution in [2.45, 2.75) is 6.42 Å². The first kappa shape index (κ1) is 16.5. The van der Waals surface area contributed by atoms with Gasteiger partial charge in [0.2, 0.25) is 0 Å². The quantitative estimate of drug-likeness (QED) is 0.653. The Hall–Kier alpha value is -1.60. The van der Waals surface area contributed by atoms with Crippen LogP contribution in [0.2, 0.25) is 0 Å². The Balaban J connectivity index is 2.55. The topological polar surface area (TPSA) is 84.3 Å². The Morgan fingerprint density at radius 1 is 1.25 bits per heavy atom. The third kappa shape index (κ3) is 5.18. The van der Waals surface area contributed by atoms with Gasteiger partial charge < -0.3 is 20.0 Å². The van der Waals surface area contributed by atoms with Crippen LogP contribution in [0.15, 0.2) is 12.7 Å². The van der Waals surface area contributed by atoms with Crippen LogP contribution in [0.5, 0.6) is 0 Å². The van der Waals surface area contributed by atoms with Gasteiger partial charge in [-0.25, -0.2) is 4.79 Å². The van der Waals surface area contributed by atoms with Crippen LogP contribution in [0, 0.1) is 0 Å². The van der Waals surface area contributed by atoms with Gasteiger partial charge in [-0.1, -0.05) is 6.08 Å². The summed E-state index contributed by atoms with van der Waals surface area (Å²) in [6, 6.07) is -0.129. The summed E-state index contributed by atoms with van der Waals surface area (Å²) >= 11 is 0. The van der Waals surface area contributed by atoms with E-state index in [0.29, 0.717) is 32.7 Å². The molecule has 0 aromatic carbocycles. The van der Waals surface area contributed by atoms with Crippen molar-refractivity contribution in [3.05, 3.63) is 12.7 Å². The molecular formula is C13H23N3O4. The minimum atomic E-state index is -0.849. The Bertz CT molecular complexity index is 349. The van der Waals surface area contributed by atoms with Crippen LogP contribution in [-0.2, 0) is 4.79 Å². The lowest BCUT2D eigenvalue weighted by atomic mass is 10.4. The van der Waals surface area contributed by atoms with Gasteiger partial charge in [0, 0.05) is 39.3 Å². The number of carbonyl (C=O) groups is 2. The molecule has 0 unspecified atom stereocenters. The van der Waals surface area contributed by atoms with Gasteiger partial charge in [0.15, 0.2) is 0 Å². The second-order valence-electron chi connectivity index (χ2n) is 4.75. The lowest BCUT2D eigenvalue weighted by Gasteiger charge is -2.28. The first-order chi connectivity index (χ1) is 9.58. The van der Waals surface area contributed by atoms with Crippen molar-refractivity contribution in [2.24, 2.45) is 0 Å². The SMILES string of the molecule is C=CCN(CCO)C(=O)N1CCCN(CC(=O)O)CC1. The van der Waals surface area contributed by atoms with Gasteiger partial charge in [-0.15, -0.1) is 6.58 Å². The molecule has 0 aliphatic carbocycles. The third-order valence-electron chi connectivity index (χ3n) is 3.21. The monoisotopic (exact) mass is 285 g/mol. The molecule has 2 amide bonds. The molecule has 1 heterocycles. The molecule has 20 heavy (non-hydrogen) atoms. The first-order valence-corrected chi connectivity index (χ1v) is 6.78. The Labute approximate surface area is 119 Å². The summed E-state index contributed by atoms with van der Waals surface area (Å²) in [6.45, 7) is 6.55. The van der Waals surface area contributed by atoms with Gasteiger partial charge in [0.05, 0.1) is 13.2 Å². The lowest BCUT2D eigenvalue weighted by Crippen LogP contribution is -2.46. The lowest BCUT2D eigenvalue weighted by molar-refractivity contribution is -0.138. The average Bonchev–Trinajstić information content (AvgIpc) is 2.62. The highest BCUT2D eigenvalue weighted by Crippen LogP contribution is 2.06. The number of urea groups is 1. The molecule has 7 heteroatoms. The van der Waals surface area contributed by atoms with Crippen LogP contribution in [0.1, 0.15) is 6.42 Å². The van der Waals surface area contributed by atoms with E-state index >= 15 is 0 Å². The molecule has 1 aliphatic rings. The van der Waals surface area contributed by atoms with E-state index in [9.17, 15) is 9.59 Å². The fourth-order valence-electron chi connectivity index (χ4n) is 2.25. The van der Waals surface area contributed by atoms with Gasteiger partial charge >= 0.3 is 12.0 Å². The van der Waals surface area contributed by atoms with Gasteiger partial charge in [-0.05, 0) is 6.42 Å². The highest BCUT2D eigenvalue weighted by molar-refractivity contribution is 5.74. The maximum atomic E-state index is 12.3. The van der Waals surface area contributed by atoms with Crippen molar-refractivity contribution < 1.29 is 19.8 Å². The predicted octanol–water partition coefficient (Wildman–Crippen LogP) is -0.321. The second kappa shape index (κ2) is 8.55. The number of rotatable bonds is 6. The minimum Gasteiger partial charge on any atom is -0.480 e. The summed E-state index contributed by atoms with van der Waals surface area (Å²) in [5, 5.41) is 17.8. The fourth-order valence-corrected chi connectivity index (χ4v) is 2.25. The summed E-state index contributed by atoms with van der Waals surface area (Å²) in [7, 11) is 0. The minimum absolute atomic E-state index is 0.00897. The number of carbonyl (C=O) groups excluding carboxylic acids is 1. The van der Waals surface area contributed by atoms with E-state index in [0.717, 1.165) is 6.42 Å². The highest BCUT2D eigenvalue weighted by atomic mass is 16.4. The molecule has 1 rings (SSSR count). The number of amides is 2. The average molecular weight is 285 g/mol. The van der Waals surface area contributed by atoms with Crippen LogP contribution >= 0.6 is 0 Å². The van der Waals surface area contributed by atoms with Crippen LogP contribution in [0.3, 0.4) is 0 Å². The van der Waals surface area contributed by atoms with E-state index in [4.69, 9.17) is 10.2 Å². The number of aliphatic hydroxyl groups is 1. The summed E-state index contributed by atoms with van der Waals surface area (Å²) in [4.78, 5) is 28.1. The second-order valence-corrected chi connectivity index (χ2v) is 4.75. The molecule has 1 saturated heterocycles. The van der Waals surface area contributed by atoms with E-state index in [1.165, 1.54) is 0 Å². The summed E-state index contributed by atoms with van der Waals surface area (Å²) in [6.07, 6.45) is 2.38. The van der Waals surface area contributed by atoms with Crippen molar-refractivity contribution in [3.8, 4) is 0 Å².